The first-order chi connectivity index (χ1) is 15.3. The minimum atomic E-state index is -1.14. The summed E-state index contributed by atoms with van der Waals surface area (Å²) >= 11 is 0. The quantitative estimate of drug-likeness (QED) is 0.639. The molecule has 4 rings (SSSR count). The highest BCUT2D eigenvalue weighted by Gasteiger charge is 2.42. The van der Waals surface area contributed by atoms with Gasteiger partial charge in [0.15, 0.2) is 0 Å². The Morgan fingerprint density at radius 3 is 2.47 bits per heavy atom. The lowest BCUT2D eigenvalue weighted by atomic mass is 9.97. The molecule has 1 saturated heterocycles. The third-order valence-corrected chi connectivity index (χ3v) is 5.67. The molecule has 2 heterocycles. The van der Waals surface area contributed by atoms with Gasteiger partial charge < -0.3 is 9.47 Å². The molecule has 8 heteroatoms. The van der Waals surface area contributed by atoms with Gasteiger partial charge >= 0.3 is 12.1 Å². The fourth-order valence-corrected chi connectivity index (χ4v) is 4.10. The summed E-state index contributed by atoms with van der Waals surface area (Å²) in [5.74, 6) is -2.12. The molecule has 0 N–H and O–H groups in total. The summed E-state index contributed by atoms with van der Waals surface area (Å²) < 4.78 is 40.0. The summed E-state index contributed by atoms with van der Waals surface area (Å²) in [6, 6.07) is 11.5. The van der Waals surface area contributed by atoms with E-state index in [1.165, 1.54) is 12.5 Å². The summed E-state index contributed by atoms with van der Waals surface area (Å²) in [6.07, 6.45) is 0.388. The molecule has 0 bridgehead atoms. The molecule has 0 aromatic heterocycles. The molecule has 0 radical (unpaired) electrons. The number of esters is 1. The Kier molecular flexibility index (Phi) is 6.23. The van der Waals surface area contributed by atoms with E-state index in [2.05, 4.69) is 4.90 Å². The van der Waals surface area contributed by atoms with Crippen molar-refractivity contribution in [3.63, 3.8) is 0 Å². The molecule has 2 aliphatic heterocycles. The van der Waals surface area contributed by atoms with Crippen molar-refractivity contribution in [1.82, 2.24) is 4.90 Å². The second kappa shape index (κ2) is 9.08. The van der Waals surface area contributed by atoms with Crippen LogP contribution in [0.3, 0.4) is 0 Å². The van der Waals surface area contributed by atoms with E-state index in [4.69, 9.17) is 9.47 Å². The predicted octanol–water partition coefficient (Wildman–Crippen LogP) is 4.49. The van der Waals surface area contributed by atoms with E-state index in [9.17, 15) is 18.4 Å². The smallest absolute Gasteiger partial charge is 0.417 e. The third-order valence-electron chi connectivity index (χ3n) is 5.67. The zero-order chi connectivity index (χ0) is 22.8. The maximum Gasteiger partial charge on any atom is 0.417 e. The summed E-state index contributed by atoms with van der Waals surface area (Å²) in [7, 11) is 0. The van der Waals surface area contributed by atoms with Gasteiger partial charge in [-0.2, -0.15) is 0 Å². The van der Waals surface area contributed by atoms with Crippen molar-refractivity contribution in [2.45, 2.75) is 39.1 Å². The molecule has 0 saturated carbocycles. The summed E-state index contributed by atoms with van der Waals surface area (Å²) in [4.78, 5) is 26.7. The molecule has 1 amide bonds. The van der Waals surface area contributed by atoms with Crippen LogP contribution < -0.4 is 4.90 Å². The number of nitrogens with zero attached hydrogens (tertiary/aromatic N) is 2. The number of benzene rings is 2. The van der Waals surface area contributed by atoms with Gasteiger partial charge in [-0.15, -0.1) is 0 Å². The van der Waals surface area contributed by atoms with Crippen LogP contribution in [-0.2, 0) is 20.8 Å². The van der Waals surface area contributed by atoms with Crippen LogP contribution >= 0.6 is 0 Å². The van der Waals surface area contributed by atoms with E-state index in [1.54, 1.807) is 6.92 Å². The van der Waals surface area contributed by atoms with Gasteiger partial charge in [0.05, 0.1) is 5.69 Å². The average molecular weight is 442 g/mol. The zero-order valence-corrected chi connectivity index (χ0v) is 17.9. The van der Waals surface area contributed by atoms with E-state index in [1.807, 2.05) is 36.4 Å². The fraction of sp³-hybridized carbons (Fsp3) is 0.333. The molecule has 1 unspecified atom stereocenters. The van der Waals surface area contributed by atoms with E-state index >= 15 is 0 Å². The number of anilines is 1. The summed E-state index contributed by atoms with van der Waals surface area (Å²) in [5.41, 5.74) is 1.72. The first-order valence-electron chi connectivity index (χ1n) is 10.5. The highest BCUT2D eigenvalue weighted by Crippen LogP contribution is 2.34. The van der Waals surface area contributed by atoms with Gasteiger partial charge in [-0.25, -0.2) is 13.6 Å². The van der Waals surface area contributed by atoms with Crippen LogP contribution in [0.5, 0.6) is 0 Å². The molecule has 0 spiro atoms. The van der Waals surface area contributed by atoms with Crippen molar-refractivity contribution in [3.8, 4) is 0 Å². The molecule has 2 atom stereocenters. The highest BCUT2D eigenvalue weighted by atomic mass is 19.1. The van der Waals surface area contributed by atoms with Crippen molar-refractivity contribution in [2.24, 2.45) is 0 Å². The number of ether oxygens (including phenoxy) is 2. The number of cyclic esters (lactones) is 1. The second-order valence-electron chi connectivity index (χ2n) is 7.96. The Morgan fingerprint density at radius 1 is 1.19 bits per heavy atom. The first kappa shape index (κ1) is 22.0. The first-order valence-corrected chi connectivity index (χ1v) is 10.5. The topological polar surface area (TPSA) is 59.1 Å². The monoisotopic (exact) mass is 442 g/mol. The largest absolute Gasteiger partial charge is 0.423 e. The lowest BCUT2D eigenvalue weighted by Crippen LogP contribution is -2.36. The molecular weight excluding hydrogens is 418 g/mol. The molecule has 168 valence electrons. The average Bonchev–Trinajstić information content (AvgIpc) is 3.02. The fourth-order valence-electron chi connectivity index (χ4n) is 4.10. The van der Waals surface area contributed by atoms with E-state index < -0.39 is 36.0 Å². The molecule has 1 fully saturated rings. The molecule has 2 aromatic carbocycles. The van der Waals surface area contributed by atoms with Crippen molar-refractivity contribution in [1.29, 1.82) is 0 Å². The normalized spacial score (nSPS) is 21.3. The molecular formula is C24H24F2N2O4. The maximum absolute atomic E-state index is 15.0. The summed E-state index contributed by atoms with van der Waals surface area (Å²) in [5, 5.41) is 0. The Bertz CT molecular complexity index is 1030. The third kappa shape index (κ3) is 4.50. The SMILES string of the molecule is CC(=O)O[C@@H]1OC(=O)N(c2cc(F)c(C3=CCN(Cc4ccccc4)CC3)c(F)c2)C1C. The van der Waals surface area contributed by atoms with Crippen LogP contribution in [0.1, 0.15) is 31.4 Å². The van der Waals surface area contributed by atoms with Crippen LogP contribution in [0.4, 0.5) is 19.3 Å². The Morgan fingerprint density at radius 2 is 1.88 bits per heavy atom. The van der Waals surface area contributed by atoms with Crippen LogP contribution in [0.2, 0.25) is 0 Å². The van der Waals surface area contributed by atoms with Gasteiger partial charge in [0.1, 0.15) is 17.7 Å². The van der Waals surface area contributed by atoms with E-state index in [-0.39, 0.29) is 11.3 Å². The lowest BCUT2D eigenvalue weighted by Gasteiger charge is -2.27. The van der Waals surface area contributed by atoms with Gasteiger partial charge in [0, 0.05) is 32.1 Å². The molecule has 6 nitrogen and oxygen atoms in total. The minimum Gasteiger partial charge on any atom is -0.423 e. The maximum atomic E-state index is 15.0. The van der Waals surface area contributed by atoms with Crippen molar-refractivity contribution in [3.05, 3.63) is 71.3 Å². The van der Waals surface area contributed by atoms with Crippen LogP contribution in [0.15, 0.2) is 48.5 Å². The van der Waals surface area contributed by atoms with E-state index in [0.717, 1.165) is 23.6 Å². The highest BCUT2D eigenvalue weighted by molar-refractivity contribution is 5.91. The number of hydrogen-bond donors (Lipinski definition) is 0. The molecule has 32 heavy (non-hydrogen) atoms. The second-order valence-corrected chi connectivity index (χ2v) is 7.96. The number of carbonyl (C=O) groups is 2. The molecule has 2 aromatic rings. The number of amides is 1. The standard InChI is InChI=1S/C24H24F2N2O4/c1-15-23(31-16(2)29)32-24(30)28(15)19-12-20(25)22(21(26)13-19)18-8-10-27(11-9-18)14-17-6-4-3-5-7-17/h3-8,12-13,15,23H,9-11,14H2,1-2H3/t15?,23-/m1/s1. The Hall–Kier alpha value is -3.26. The number of halogens is 2. The minimum absolute atomic E-state index is 0.0121. The molecule has 2 aliphatic rings. The lowest BCUT2D eigenvalue weighted by molar-refractivity contribution is -0.162. The van der Waals surface area contributed by atoms with Crippen LogP contribution in [-0.4, -0.2) is 42.4 Å². The van der Waals surface area contributed by atoms with Gasteiger partial charge in [-0.05, 0) is 36.6 Å². The van der Waals surface area contributed by atoms with Crippen molar-refractivity contribution < 1.29 is 27.8 Å². The number of carbonyl (C=O) groups excluding carboxylic acids is 2. The van der Waals surface area contributed by atoms with Crippen LogP contribution in [0, 0.1) is 11.6 Å². The van der Waals surface area contributed by atoms with Gasteiger partial charge in [-0.1, -0.05) is 36.4 Å². The Labute approximate surface area is 185 Å². The van der Waals surface area contributed by atoms with E-state index in [0.29, 0.717) is 25.1 Å². The molecule has 0 aliphatic carbocycles. The van der Waals surface area contributed by atoms with Crippen molar-refractivity contribution >= 4 is 23.3 Å². The van der Waals surface area contributed by atoms with Crippen molar-refractivity contribution in [2.75, 3.05) is 18.0 Å². The predicted molar refractivity (Wildman–Crippen MR) is 115 cm³/mol. The zero-order valence-electron chi connectivity index (χ0n) is 17.9. The van der Waals surface area contributed by atoms with Gasteiger partial charge in [-0.3, -0.25) is 14.6 Å². The number of hydrogen-bond acceptors (Lipinski definition) is 5. The number of rotatable bonds is 5. The van der Waals surface area contributed by atoms with Gasteiger partial charge in [0.2, 0.25) is 0 Å². The van der Waals surface area contributed by atoms with Gasteiger partial charge in [0.25, 0.3) is 6.29 Å². The summed E-state index contributed by atoms with van der Waals surface area (Å²) in [6.45, 7) is 4.81. The van der Waals surface area contributed by atoms with Crippen LogP contribution in [0.25, 0.3) is 5.57 Å². The Balaban J connectivity index is 1.51.